The van der Waals surface area contributed by atoms with Crippen LogP contribution in [0, 0.1) is 0 Å². The fraction of sp³-hybridized carbons (Fsp3) is 0.0625. The van der Waals surface area contributed by atoms with E-state index in [2.05, 4.69) is 15.6 Å². The molecule has 0 aliphatic rings. The highest BCUT2D eigenvalue weighted by Crippen LogP contribution is 2.28. The first-order valence-corrected chi connectivity index (χ1v) is 8.13. The minimum Gasteiger partial charge on any atom is -0.508 e. The number of fused-ring (bicyclic) bond motifs is 1. The van der Waals surface area contributed by atoms with Gasteiger partial charge in [0.15, 0.2) is 10.2 Å². The molecule has 1 aromatic heterocycles. The number of aromatic hydroxyl groups is 1. The SMILES string of the molecule is COc1cccc(C(=O)NC(=S)Nc2nc3ccc(O)cc3s2)c1. The van der Waals surface area contributed by atoms with Gasteiger partial charge in [-0.2, -0.15) is 0 Å². The lowest BCUT2D eigenvalue weighted by molar-refractivity contribution is 0.0977. The Balaban J connectivity index is 1.68. The van der Waals surface area contributed by atoms with Gasteiger partial charge < -0.3 is 15.2 Å². The molecule has 1 amide bonds. The number of nitrogens with one attached hydrogen (secondary N) is 2. The summed E-state index contributed by atoms with van der Waals surface area (Å²) in [7, 11) is 1.54. The number of carbonyl (C=O) groups excluding carboxylic acids is 1. The normalized spacial score (nSPS) is 10.4. The quantitative estimate of drug-likeness (QED) is 0.623. The molecule has 0 radical (unpaired) electrons. The number of aromatic nitrogens is 1. The molecule has 3 N–H and O–H groups in total. The Bertz CT molecular complexity index is 924. The predicted molar refractivity (Wildman–Crippen MR) is 98.0 cm³/mol. The number of methoxy groups -OCH3 is 1. The van der Waals surface area contributed by atoms with Gasteiger partial charge in [-0.25, -0.2) is 4.98 Å². The second-order valence-electron chi connectivity index (χ2n) is 4.81. The van der Waals surface area contributed by atoms with E-state index in [-0.39, 0.29) is 16.8 Å². The number of hydrogen-bond acceptors (Lipinski definition) is 6. The van der Waals surface area contributed by atoms with Crippen LogP contribution in [-0.2, 0) is 0 Å². The molecule has 0 spiro atoms. The number of anilines is 1. The summed E-state index contributed by atoms with van der Waals surface area (Å²) in [6.45, 7) is 0. The number of thiocarbonyl (C=S) groups is 1. The molecule has 1 heterocycles. The number of benzene rings is 2. The summed E-state index contributed by atoms with van der Waals surface area (Å²) in [6.07, 6.45) is 0. The van der Waals surface area contributed by atoms with Gasteiger partial charge in [-0.3, -0.25) is 10.1 Å². The molecule has 0 saturated carbocycles. The first kappa shape index (κ1) is 16.2. The lowest BCUT2D eigenvalue weighted by Crippen LogP contribution is -2.34. The van der Waals surface area contributed by atoms with Crippen LogP contribution in [0.2, 0.25) is 0 Å². The average molecular weight is 359 g/mol. The lowest BCUT2D eigenvalue weighted by Gasteiger charge is -2.08. The van der Waals surface area contributed by atoms with Gasteiger partial charge >= 0.3 is 0 Å². The van der Waals surface area contributed by atoms with Gasteiger partial charge in [0.2, 0.25) is 0 Å². The van der Waals surface area contributed by atoms with Gasteiger partial charge in [-0.05, 0) is 48.6 Å². The molecule has 0 aliphatic heterocycles. The number of amides is 1. The Morgan fingerprint density at radius 2 is 2.12 bits per heavy atom. The van der Waals surface area contributed by atoms with Crippen LogP contribution in [0.5, 0.6) is 11.5 Å². The van der Waals surface area contributed by atoms with E-state index in [0.717, 1.165) is 10.2 Å². The maximum Gasteiger partial charge on any atom is 0.257 e. The molecule has 0 bridgehead atoms. The van der Waals surface area contributed by atoms with E-state index in [1.165, 1.54) is 18.4 Å². The molecular weight excluding hydrogens is 346 g/mol. The number of carbonyl (C=O) groups is 1. The van der Waals surface area contributed by atoms with Crippen LogP contribution < -0.4 is 15.4 Å². The van der Waals surface area contributed by atoms with Crippen molar-refractivity contribution in [2.45, 2.75) is 0 Å². The van der Waals surface area contributed by atoms with E-state index < -0.39 is 0 Å². The largest absolute Gasteiger partial charge is 0.508 e. The zero-order chi connectivity index (χ0) is 17.1. The van der Waals surface area contributed by atoms with Crippen molar-refractivity contribution in [3.63, 3.8) is 0 Å². The fourth-order valence-electron chi connectivity index (χ4n) is 2.03. The van der Waals surface area contributed by atoms with E-state index in [0.29, 0.717) is 16.4 Å². The maximum atomic E-state index is 12.2. The van der Waals surface area contributed by atoms with Crippen molar-refractivity contribution in [2.24, 2.45) is 0 Å². The van der Waals surface area contributed by atoms with E-state index in [1.807, 2.05) is 0 Å². The Hall–Kier alpha value is -2.71. The zero-order valence-corrected chi connectivity index (χ0v) is 14.2. The molecule has 2 aromatic carbocycles. The molecule has 8 heteroatoms. The molecule has 3 rings (SSSR count). The van der Waals surface area contributed by atoms with Crippen molar-refractivity contribution in [3.8, 4) is 11.5 Å². The van der Waals surface area contributed by atoms with Gasteiger partial charge in [0, 0.05) is 5.56 Å². The second-order valence-corrected chi connectivity index (χ2v) is 6.25. The van der Waals surface area contributed by atoms with E-state index in [9.17, 15) is 9.90 Å². The van der Waals surface area contributed by atoms with Crippen LogP contribution in [0.1, 0.15) is 10.4 Å². The summed E-state index contributed by atoms with van der Waals surface area (Å²) in [5.74, 6) is 0.421. The van der Waals surface area contributed by atoms with Crippen molar-refractivity contribution in [1.82, 2.24) is 10.3 Å². The number of hydrogen-bond donors (Lipinski definition) is 3. The third kappa shape index (κ3) is 3.61. The molecule has 0 aliphatic carbocycles. The summed E-state index contributed by atoms with van der Waals surface area (Å²) in [4.78, 5) is 16.5. The summed E-state index contributed by atoms with van der Waals surface area (Å²) >= 11 is 6.47. The number of nitrogens with zero attached hydrogens (tertiary/aromatic N) is 1. The van der Waals surface area contributed by atoms with Crippen molar-refractivity contribution in [3.05, 3.63) is 48.0 Å². The van der Waals surface area contributed by atoms with E-state index >= 15 is 0 Å². The molecule has 0 atom stereocenters. The third-order valence-corrected chi connectivity index (χ3v) is 4.29. The first-order valence-electron chi connectivity index (χ1n) is 6.91. The first-order chi connectivity index (χ1) is 11.5. The van der Waals surface area contributed by atoms with E-state index in [4.69, 9.17) is 17.0 Å². The van der Waals surface area contributed by atoms with Gasteiger partial charge in [-0.15, -0.1) is 0 Å². The summed E-state index contributed by atoms with van der Waals surface area (Å²) in [6, 6.07) is 11.7. The average Bonchev–Trinajstić information content (AvgIpc) is 2.95. The van der Waals surface area contributed by atoms with E-state index in [1.54, 1.807) is 42.5 Å². The number of rotatable bonds is 3. The van der Waals surface area contributed by atoms with Crippen LogP contribution >= 0.6 is 23.6 Å². The van der Waals surface area contributed by atoms with Crippen LogP contribution in [0.15, 0.2) is 42.5 Å². The Morgan fingerprint density at radius 1 is 1.29 bits per heavy atom. The Kier molecular flexibility index (Phi) is 4.59. The molecular formula is C16H13N3O3S2. The van der Waals surface area contributed by atoms with Crippen molar-refractivity contribution >= 4 is 49.9 Å². The van der Waals surface area contributed by atoms with Crippen molar-refractivity contribution in [2.75, 3.05) is 12.4 Å². The molecule has 3 aromatic rings. The summed E-state index contributed by atoms with van der Waals surface area (Å²) < 4.78 is 5.91. The second kappa shape index (κ2) is 6.81. The van der Waals surface area contributed by atoms with Crippen LogP contribution in [0.25, 0.3) is 10.2 Å². The van der Waals surface area contributed by atoms with Gasteiger partial charge in [0.1, 0.15) is 11.5 Å². The predicted octanol–water partition coefficient (Wildman–Crippen LogP) is 3.14. The Labute approximate surface area is 147 Å². The monoisotopic (exact) mass is 359 g/mol. The molecule has 24 heavy (non-hydrogen) atoms. The minimum absolute atomic E-state index is 0.145. The van der Waals surface area contributed by atoms with Crippen molar-refractivity contribution < 1.29 is 14.6 Å². The fourth-order valence-corrected chi connectivity index (χ4v) is 3.19. The molecule has 6 nitrogen and oxygen atoms in total. The van der Waals surface area contributed by atoms with Crippen LogP contribution in [-0.4, -0.2) is 28.2 Å². The molecule has 0 saturated heterocycles. The minimum atomic E-state index is -0.342. The summed E-state index contributed by atoms with van der Waals surface area (Å²) in [5, 5.41) is 15.6. The van der Waals surface area contributed by atoms with Gasteiger partial charge in [-0.1, -0.05) is 17.4 Å². The van der Waals surface area contributed by atoms with Crippen molar-refractivity contribution in [1.29, 1.82) is 0 Å². The smallest absolute Gasteiger partial charge is 0.257 e. The molecule has 0 unspecified atom stereocenters. The maximum absolute atomic E-state index is 12.2. The number of phenols is 1. The topological polar surface area (TPSA) is 83.5 Å². The highest BCUT2D eigenvalue weighted by Gasteiger charge is 2.11. The number of thiazole rings is 1. The molecule has 122 valence electrons. The highest BCUT2D eigenvalue weighted by atomic mass is 32.1. The summed E-state index contributed by atoms with van der Waals surface area (Å²) in [5.41, 5.74) is 1.18. The molecule has 0 fully saturated rings. The Morgan fingerprint density at radius 3 is 2.92 bits per heavy atom. The lowest BCUT2D eigenvalue weighted by atomic mass is 10.2. The van der Waals surface area contributed by atoms with Gasteiger partial charge in [0.25, 0.3) is 5.91 Å². The standard InChI is InChI=1S/C16H13N3O3S2/c1-22-11-4-2-3-9(7-11)14(21)18-15(23)19-16-17-12-6-5-10(20)8-13(12)24-16/h2-8,20H,1H3,(H2,17,18,19,21,23). The van der Waals surface area contributed by atoms with Crippen LogP contribution in [0.4, 0.5) is 5.13 Å². The number of phenolic OH excluding ortho intramolecular Hbond substituents is 1. The van der Waals surface area contributed by atoms with Gasteiger partial charge in [0.05, 0.1) is 17.3 Å². The highest BCUT2D eigenvalue weighted by molar-refractivity contribution is 7.80. The number of ether oxygens (including phenoxy) is 1. The van der Waals surface area contributed by atoms with Crippen LogP contribution in [0.3, 0.4) is 0 Å². The third-order valence-electron chi connectivity index (χ3n) is 3.15. The zero-order valence-electron chi connectivity index (χ0n) is 12.6.